The van der Waals surface area contributed by atoms with Gasteiger partial charge in [-0.15, -0.1) is 0 Å². The minimum atomic E-state index is -4.18. The first-order chi connectivity index (χ1) is 15.1. The molecule has 0 saturated carbocycles. The fourth-order valence-corrected chi connectivity index (χ4v) is 5.01. The summed E-state index contributed by atoms with van der Waals surface area (Å²) >= 11 is 11.9. The number of benzene rings is 1. The van der Waals surface area contributed by atoms with Crippen molar-refractivity contribution < 1.29 is 18.1 Å². The topological polar surface area (TPSA) is 141 Å². The van der Waals surface area contributed by atoms with Crippen LogP contribution in [0, 0.1) is 16.0 Å². The van der Waals surface area contributed by atoms with E-state index < -0.39 is 26.8 Å². The molecule has 0 N–H and O–H groups in total. The molecule has 0 bridgehead atoms. The van der Waals surface area contributed by atoms with E-state index in [0.717, 1.165) is 31.3 Å². The van der Waals surface area contributed by atoms with Gasteiger partial charge in [0.2, 0.25) is 11.2 Å². The quantitative estimate of drug-likeness (QED) is 0.172. The van der Waals surface area contributed by atoms with Crippen LogP contribution in [0.4, 0.5) is 5.69 Å². The van der Waals surface area contributed by atoms with E-state index in [-0.39, 0.29) is 33.5 Å². The van der Waals surface area contributed by atoms with Crippen LogP contribution in [0.1, 0.15) is 12.5 Å². The van der Waals surface area contributed by atoms with E-state index in [1.165, 1.54) is 6.33 Å². The first-order valence-electron chi connectivity index (χ1n) is 9.10. The highest BCUT2D eigenvalue weighted by Crippen LogP contribution is 2.33. The number of carbonyl (C=O) groups is 1. The second-order valence-corrected chi connectivity index (χ2v) is 9.63. The normalized spacial score (nSPS) is 18.2. The second kappa shape index (κ2) is 8.11. The van der Waals surface area contributed by atoms with Gasteiger partial charge < -0.3 is 4.57 Å². The van der Waals surface area contributed by atoms with Crippen LogP contribution in [0.15, 0.2) is 47.6 Å². The number of halogens is 2. The summed E-state index contributed by atoms with van der Waals surface area (Å²) in [5.74, 6) is -1.36. The highest BCUT2D eigenvalue weighted by Gasteiger charge is 2.34. The van der Waals surface area contributed by atoms with Gasteiger partial charge in [-0.25, -0.2) is 22.7 Å². The molecule has 0 aliphatic heterocycles. The molecule has 32 heavy (non-hydrogen) atoms. The van der Waals surface area contributed by atoms with E-state index in [9.17, 15) is 23.3 Å². The molecule has 4 rings (SSSR count). The van der Waals surface area contributed by atoms with Gasteiger partial charge in [-0.3, -0.25) is 14.9 Å². The number of imidazole rings is 1. The Morgan fingerprint density at radius 2 is 1.91 bits per heavy atom. The Bertz CT molecular complexity index is 1370. The number of aromatic nitrogens is 4. The number of nitro groups is 1. The second-order valence-electron chi connectivity index (χ2n) is 6.96. The minimum absolute atomic E-state index is 0.0484. The average molecular weight is 497 g/mol. The van der Waals surface area contributed by atoms with Gasteiger partial charge in [0, 0.05) is 19.2 Å². The Labute approximate surface area is 191 Å². The lowest BCUT2D eigenvalue weighted by molar-refractivity contribution is -0.384. The maximum atomic E-state index is 12.9. The van der Waals surface area contributed by atoms with Gasteiger partial charge in [0.25, 0.3) is 15.7 Å². The molecule has 3 aromatic rings. The summed E-state index contributed by atoms with van der Waals surface area (Å²) in [6.45, 7) is 0. The van der Waals surface area contributed by atoms with Crippen LogP contribution in [0.2, 0.25) is 10.4 Å². The Hall–Kier alpha value is -3.09. The maximum Gasteiger partial charge on any atom is 0.269 e. The van der Waals surface area contributed by atoms with Crippen LogP contribution >= 0.6 is 23.2 Å². The molecular formula is C18H14Cl2N6O5S. The zero-order valence-electron chi connectivity index (χ0n) is 16.3. The zero-order chi connectivity index (χ0) is 23.2. The largest absolute Gasteiger partial charge is 0.308 e. The van der Waals surface area contributed by atoms with E-state index in [1.807, 2.05) is 0 Å². The van der Waals surface area contributed by atoms with E-state index in [4.69, 9.17) is 23.2 Å². The molecule has 0 radical (unpaired) electrons. The summed E-state index contributed by atoms with van der Waals surface area (Å²) in [6, 6.07) is 3.99. The summed E-state index contributed by atoms with van der Waals surface area (Å²) in [5, 5.41) is 10.8. The van der Waals surface area contributed by atoms with Crippen molar-refractivity contribution in [1.82, 2.24) is 23.8 Å². The number of non-ortho nitro benzene ring substituents is 1. The molecule has 2 heterocycles. The number of allylic oxidation sites excluding steroid dienone is 1. The SMILES string of the molecule is CN(C(=O)[C@@H]1C=CC(n2cnc3c(Cl)nc(Cl)nc32)C1)S(=O)(=O)c1ccc([N+](=O)[O-])cc1. The van der Waals surface area contributed by atoms with Crippen molar-refractivity contribution in [2.45, 2.75) is 17.4 Å². The number of sulfonamides is 1. The van der Waals surface area contributed by atoms with Crippen LogP contribution in [-0.4, -0.2) is 50.1 Å². The third-order valence-corrected chi connectivity index (χ3v) is 7.30. The molecule has 166 valence electrons. The average Bonchev–Trinajstić information content (AvgIpc) is 3.39. The molecule has 0 fully saturated rings. The fraction of sp³-hybridized carbons (Fsp3) is 0.222. The molecule has 1 aliphatic rings. The van der Waals surface area contributed by atoms with E-state index >= 15 is 0 Å². The van der Waals surface area contributed by atoms with E-state index in [2.05, 4.69) is 15.0 Å². The monoisotopic (exact) mass is 496 g/mol. The van der Waals surface area contributed by atoms with Crippen molar-refractivity contribution in [2.24, 2.45) is 5.92 Å². The molecule has 0 spiro atoms. The van der Waals surface area contributed by atoms with E-state index in [0.29, 0.717) is 15.5 Å². The van der Waals surface area contributed by atoms with Crippen molar-refractivity contribution in [2.75, 3.05) is 7.05 Å². The Kier molecular flexibility index (Phi) is 5.61. The predicted molar refractivity (Wildman–Crippen MR) is 115 cm³/mol. The number of carbonyl (C=O) groups excluding carboxylic acids is 1. The Balaban J connectivity index is 1.54. The molecule has 1 unspecified atom stereocenters. The third kappa shape index (κ3) is 3.80. The fourth-order valence-electron chi connectivity index (χ4n) is 3.42. The molecule has 1 aromatic carbocycles. The summed E-state index contributed by atoms with van der Waals surface area (Å²) in [4.78, 5) is 35.0. The number of fused-ring (bicyclic) bond motifs is 1. The van der Waals surface area contributed by atoms with Crippen molar-refractivity contribution in [1.29, 1.82) is 0 Å². The summed E-state index contributed by atoms with van der Waals surface area (Å²) < 4.78 is 28.0. The lowest BCUT2D eigenvalue weighted by atomic mass is 10.1. The van der Waals surface area contributed by atoms with Crippen LogP contribution in [0.25, 0.3) is 11.2 Å². The van der Waals surface area contributed by atoms with Crippen molar-refractivity contribution in [3.63, 3.8) is 0 Å². The van der Waals surface area contributed by atoms with Crippen LogP contribution in [-0.2, 0) is 14.8 Å². The highest BCUT2D eigenvalue weighted by atomic mass is 35.5. The molecule has 2 atom stereocenters. The maximum absolute atomic E-state index is 12.9. The van der Waals surface area contributed by atoms with Gasteiger partial charge in [-0.05, 0) is 30.2 Å². The molecule has 2 aromatic heterocycles. The van der Waals surface area contributed by atoms with Gasteiger partial charge in [-0.2, -0.15) is 4.98 Å². The Morgan fingerprint density at radius 1 is 1.22 bits per heavy atom. The molecule has 14 heteroatoms. The number of hydrogen-bond acceptors (Lipinski definition) is 8. The van der Waals surface area contributed by atoms with Crippen LogP contribution < -0.4 is 0 Å². The van der Waals surface area contributed by atoms with Crippen LogP contribution in [0.5, 0.6) is 0 Å². The molecule has 0 saturated heterocycles. The molecular weight excluding hydrogens is 483 g/mol. The first kappa shape index (κ1) is 22.1. The lowest BCUT2D eigenvalue weighted by Gasteiger charge is -2.21. The van der Waals surface area contributed by atoms with Gasteiger partial charge >= 0.3 is 0 Å². The number of rotatable bonds is 5. The van der Waals surface area contributed by atoms with Crippen molar-refractivity contribution in [3.8, 4) is 0 Å². The number of nitrogens with zero attached hydrogens (tertiary/aromatic N) is 6. The third-order valence-electron chi connectivity index (χ3n) is 5.10. The number of hydrogen-bond donors (Lipinski definition) is 0. The smallest absolute Gasteiger partial charge is 0.269 e. The van der Waals surface area contributed by atoms with Crippen molar-refractivity contribution in [3.05, 3.63) is 63.3 Å². The summed E-state index contributed by atoms with van der Waals surface area (Å²) in [6.07, 6.45) is 5.13. The summed E-state index contributed by atoms with van der Waals surface area (Å²) in [7, 11) is -3.03. The molecule has 1 aliphatic carbocycles. The molecule has 1 amide bonds. The lowest BCUT2D eigenvalue weighted by Crippen LogP contribution is -2.37. The Morgan fingerprint density at radius 3 is 2.56 bits per heavy atom. The van der Waals surface area contributed by atoms with Gasteiger partial charge in [0.15, 0.2) is 10.8 Å². The highest BCUT2D eigenvalue weighted by molar-refractivity contribution is 7.89. The summed E-state index contributed by atoms with van der Waals surface area (Å²) in [5.41, 5.74) is 0.498. The van der Waals surface area contributed by atoms with Crippen molar-refractivity contribution >= 4 is 56.0 Å². The predicted octanol–water partition coefficient (Wildman–Crippen LogP) is 3.01. The zero-order valence-corrected chi connectivity index (χ0v) is 18.6. The van der Waals surface area contributed by atoms with Gasteiger partial charge in [0.1, 0.15) is 5.52 Å². The first-order valence-corrected chi connectivity index (χ1v) is 11.3. The minimum Gasteiger partial charge on any atom is -0.308 e. The van der Waals surface area contributed by atoms with Crippen LogP contribution in [0.3, 0.4) is 0 Å². The number of nitro benzene ring substituents is 1. The van der Waals surface area contributed by atoms with E-state index in [1.54, 1.807) is 16.7 Å². The van der Waals surface area contributed by atoms with Gasteiger partial charge in [0.05, 0.1) is 28.1 Å². The van der Waals surface area contributed by atoms with Gasteiger partial charge in [-0.1, -0.05) is 23.8 Å². The number of amides is 1. The molecule has 11 nitrogen and oxygen atoms in total. The standard InChI is InChI=1S/C18H14Cl2N6O5S/c1-24(32(30,31)13-6-4-11(5-7-13)26(28)29)17(27)10-2-3-12(8-10)25-9-21-14-15(19)22-18(20)23-16(14)25/h2-7,9-10,12H,8H2,1H3/t10-,12?/m1/s1.